The zero-order chi connectivity index (χ0) is 11.7. The van der Waals surface area contributed by atoms with Gasteiger partial charge in [0.25, 0.3) is 5.91 Å². The normalized spacial score (nSPS) is 13.8. The van der Waals surface area contributed by atoms with E-state index in [1.807, 2.05) is 18.2 Å². The Labute approximate surface area is 103 Å². The second-order valence-electron chi connectivity index (χ2n) is 3.76. The van der Waals surface area contributed by atoms with Gasteiger partial charge < -0.3 is 4.90 Å². The van der Waals surface area contributed by atoms with Gasteiger partial charge in [-0.2, -0.15) is 0 Å². The number of benzene rings is 1. The van der Waals surface area contributed by atoms with E-state index in [4.69, 9.17) is 0 Å². The molecule has 0 saturated heterocycles. The number of anilines is 1. The predicted octanol–water partition coefficient (Wildman–Crippen LogP) is 2.32. The molecule has 1 aromatic rings. The van der Waals surface area contributed by atoms with Crippen molar-refractivity contribution in [2.75, 3.05) is 11.4 Å². The maximum atomic E-state index is 11.8. The third-order valence-electron chi connectivity index (χ3n) is 2.74. The fourth-order valence-electron chi connectivity index (χ4n) is 1.88. The minimum atomic E-state index is -0.386. The summed E-state index contributed by atoms with van der Waals surface area (Å²) in [5.74, 6) is -0.709. The molecule has 1 heterocycles. The van der Waals surface area contributed by atoms with Gasteiger partial charge in [-0.1, -0.05) is 22.9 Å². The van der Waals surface area contributed by atoms with Crippen LogP contribution >= 0.6 is 15.9 Å². The summed E-state index contributed by atoms with van der Waals surface area (Å²) in [6, 6.07) is 5.77. The van der Waals surface area contributed by atoms with Gasteiger partial charge in [0.1, 0.15) is 0 Å². The Hall–Kier alpha value is -1.16. The van der Waals surface area contributed by atoms with E-state index in [0.717, 1.165) is 22.1 Å². The molecule has 0 N–H and O–H groups in total. The van der Waals surface area contributed by atoms with Crippen molar-refractivity contribution in [1.82, 2.24) is 0 Å². The molecule has 84 valence electrons. The van der Waals surface area contributed by atoms with Crippen LogP contribution in [0.1, 0.15) is 18.9 Å². The molecule has 0 radical (unpaired) electrons. The van der Waals surface area contributed by atoms with E-state index in [1.54, 1.807) is 11.8 Å². The number of amides is 1. The van der Waals surface area contributed by atoms with E-state index in [1.165, 1.54) is 0 Å². The van der Waals surface area contributed by atoms with Gasteiger partial charge in [0.2, 0.25) is 5.78 Å². The first-order valence-corrected chi connectivity index (χ1v) is 6.06. The third-order valence-corrected chi connectivity index (χ3v) is 3.24. The van der Waals surface area contributed by atoms with E-state index in [2.05, 4.69) is 15.9 Å². The molecule has 16 heavy (non-hydrogen) atoms. The van der Waals surface area contributed by atoms with Gasteiger partial charge in [0, 0.05) is 23.1 Å². The van der Waals surface area contributed by atoms with Crippen molar-refractivity contribution in [3.8, 4) is 0 Å². The van der Waals surface area contributed by atoms with Gasteiger partial charge in [-0.15, -0.1) is 0 Å². The van der Waals surface area contributed by atoms with Gasteiger partial charge in [-0.25, -0.2) is 0 Å². The summed E-state index contributed by atoms with van der Waals surface area (Å²) in [7, 11) is 0. The van der Waals surface area contributed by atoms with E-state index in [-0.39, 0.29) is 18.1 Å². The lowest BCUT2D eigenvalue weighted by Gasteiger charge is -2.15. The fourth-order valence-corrected chi connectivity index (χ4v) is 2.29. The Morgan fingerprint density at radius 1 is 1.44 bits per heavy atom. The molecule has 0 unspecified atom stereocenters. The first-order valence-electron chi connectivity index (χ1n) is 5.26. The fraction of sp³-hybridized carbons (Fsp3) is 0.333. The molecule has 0 spiro atoms. The van der Waals surface area contributed by atoms with Crippen molar-refractivity contribution in [3.05, 3.63) is 28.2 Å². The number of ketones is 1. The summed E-state index contributed by atoms with van der Waals surface area (Å²) < 4.78 is 1.00. The number of Topliss-reactive ketones (excluding diaryl/α,β-unsaturated/α-hetero) is 1. The highest BCUT2D eigenvalue weighted by Gasteiger charge is 2.27. The summed E-state index contributed by atoms with van der Waals surface area (Å²) in [4.78, 5) is 24.7. The second kappa shape index (κ2) is 4.37. The van der Waals surface area contributed by atoms with Crippen molar-refractivity contribution in [1.29, 1.82) is 0 Å². The van der Waals surface area contributed by atoms with E-state index >= 15 is 0 Å². The lowest BCUT2D eigenvalue weighted by Crippen LogP contribution is -2.34. The van der Waals surface area contributed by atoms with E-state index in [9.17, 15) is 9.59 Å². The van der Waals surface area contributed by atoms with Crippen molar-refractivity contribution in [3.63, 3.8) is 0 Å². The molecule has 0 aromatic heterocycles. The topological polar surface area (TPSA) is 37.4 Å². The summed E-state index contributed by atoms with van der Waals surface area (Å²) >= 11 is 3.39. The van der Waals surface area contributed by atoms with Crippen LogP contribution in [-0.2, 0) is 16.0 Å². The van der Waals surface area contributed by atoms with E-state index in [0.29, 0.717) is 6.54 Å². The van der Waals surface area contributed by atoms with Gasteiger partial charge in [-0.05, 0) is 30.2 Å². The molecular formula is C12H12BrNO2. The Morgan fingerprint density at radius 3 is 2.88 bits per heavy atom. The molecule has 0 bridgehead atoms. The Balaban J connectivity index is 2.30. The van der Waals surface area contributed by atoms with Crippen molar-refractivity contribution in [2.24, 2.45) is 0 Å². The number of halogens is 1. The highest BCUT2D eigenvalue weighted by Crippen LogP contribution is 2.30. The van der Waals surface area contributed by atoms with E-state index < -0.39 is 0 Å². The highest BCUT2D eigenvalue weighted by molar-refractivity contribution is 9.10. The van der Waals surface area contributed by atoms with Gasteiger partial charge in [0.05, 0.1) is 0 Å². The standard InChI is InChI=1S/C12H12BrNO2/c1-2-11(15)12(16)14-6-5-8-7-9(13)3-4-10(8)14/h3-4,7H,2,5-6H2,1H3. The molecule has 1 aliphatic heterocycles. The largest absolute Gasteiger partial charge is 0.305 e. The number of carbonyl (C=O) groups is 2. The van der Waals surface area contributed by atoms with Crippen LogP contribution in [0.4, 0.5) is 5.69 Å². The van der Waals surface area contributed by atoms with Gasteiger partial charge >= 0.3 is 0 Å². The maximum Gasteiger partial charge on any atom is 0.294 e. The minimum absolute atomic E-state index is 0.265. The number of carbonyl (C=O) groups excluding carboxylic acids is 2. The Morgan fingerprint density at radius 2 is 2.19 bits per heavy atom. The smallest absolute Gasteiger partial charge is 0.294 e. The van der Waals surface area contributed by atoms with Crippen LogP contribution in [0.2, 0.25) is 0 Å². The average molecular weight is 282 g/mol. The zero-order valence-electron chi connectivity index (χ0n) is 9.00. The van der Waals surface area contributed by atoms with Crippen LogP contribution in [0.5, 0.6) is 0 Å². The Bertz CT molecular complexity index is 456. The molecular weight excluding hydrogens is 270 g/mol. The molecule has 1 amide bonds. The monoisotopic (exact) mass is 281 g/mol. The number of hydrogen-bond acceptors (Lipinski definition) is 2. The first kappa shape index (κ1) is 11.3. The molecule has 2 rings (SSSR count). The molecule has 1 aliphatic rings. The third kappa shape index (κ3) is 1.89. The minimum Gasteiger partial charge on any atom is -0.305 e. The first-order chi connectivity index (χ1) is 7.63. The van der Waals surface area contributed by atoms with Crippen LogP contribution in [0, 0.1) is 0 Å². The lowest BCUT2D eigenvalue weighted by atomic mass is 10.2. The molecule has 0 fully saturated rings. The molecule has 4 heteroatoms. The van der Waals surface area contributed by atoms with Crippen LogP contribution in [-0.4, -0.2) is 18.2 Å². The quantitative estimate of drug-likeness (QED) is 0.781. The summed E-state index contributed by atoms with van der Waals surface area (Å²) in [6.07, 6.45) is 1.08. The van der Waals surface area contributed by atoms with Gasteiger partial charge in [-0.3, -0.25) is 9.59 Å². The number of nitrogens with zero attached hydrogens (tertiary/aromatic N) is 1. The predicted molar refractivity (Wildman–Crippen MR) is 65.5 cm³/mol. The summed E-state index contributed by atoms with van der Waals surface area (Å²) in [5, 5.41) is 0. The highest BCUT2D eigenvalue weighted by atomic mass is 79.9. The van der Waals surface area contributed by atoms with Crippen molar-refractivity contribution < 1.29 is 9.59 Å². The molecule has 3 nitrogen and oxygen atoms in total. The Kier molecular flexibility index (Phi) is 3.10. The lowest BCUT2D eigenvalue weighted by molar-refractivity contribution is -0.136. The zero-order valence-corrected chi connectivity index (χ0v) is 10.6. The van der Waals surface area contributed by atoms with Crippen LogP contribution in [0.25, 0.3) is 0 Å². The molecule has 0 aliphatic carbocycles. The molecule has 1 aromatic carbocycles. The summed E-state index contributed by atoms with van der Waals surface area (Å²) in [6.45, 7) is 2.31. The number of fused-ring (bicyclic) bond motifs is 1. The number of rotatable bonds is 2. The average Bonchev–Trinajstić information content (AvgIpc) is 2.69. The summed E-state index contributed by atoms with van der Waals surface area (Å²) in [5.41, 5.74) is 1.99. The second-order valence-corrected chi connectivity index (χ2v) is 4.67. The SMILES string of the molecule is CCC(=O)C(=O)N1CCc2cc(Br)ccc21. The van der Waals surface area contributed by atoms with Crippen LogP contribution < -0.4 is 4.90 Å². The van der Waals surface area contributed by atoms with Crippen molar-refractivity contribution in [2.45, 2.75) is 19.8 Å². The van der Waals surface area contributed by atoms with Crippen molar-refractivity contribution >= 4 is 33.3 Å². The van der Waals surface area contributed by atoms with Gasteiger partial charge in [0.15, 0.2) is 0 Å². The molecule has 0 atom stereocenters. The van der Waals surface area contributed by atoms with Crippen LogP contribution in [0.15, 0.2) is 22.7 Å². The maximum absolute atomic E-state index is 11.8. The molecule has 0 saturated carbocycles. The van der Waals surface area contributed by atoms with Crippen LogP contribution in [0.3, 0.4) is 0 Å². The number of hydrogen-bond donors (Lipinski definition) is 0.